The normalized spacial score (nSPS) is 40.0. The Bertz CT molecular complexity index is 3690. The molecule has 20 atom stereocenters. The quantitative estimate of drug-likeness (QED) is 0.0795. The van der Waals surface area contributed by atoms with Crippen LogP contribution < -0.4 is 0 Å². The van der Waals surface area contributed by atoms with E-state index in [0.29, 0.717) is 62.2 Å². The standard InChI is InChI=1S/C86H104O7/c1-55(20-18-23-57-21-8-4-9-22-57)48-61-32-31-59-33-35-66(82(41-15-7-16-42-82)63-25-10-5-11-26-63)51-69(59)80(90)93-72-49-56(2)85(91,47-37-58-50-74(88)92-54-58)86(79(61)89)73(87)40-44-81(3,78(72)86)65-39-46-83-45-38-62-53-84(64-27-12-6-13-28-64)43-17-14-30-70(84)68-36-34-60-24-19-29-67(71(83)52-65)75(60)76(68)77(62)83/h4-6,8-13,19,21-22,24-29,34,36,50,55-56,59,61-62,65-66,69-73,77-79,87,89,91H,7,14-18,20,23,30,33,35,37-49,51-54H2,1-3H3/t55-,56-,59+,61+,62-,65-,66+,69-,70-,71+,72-,73+,77-,78+,79+,81+,83+,84+,85-,86+/m1/s1. The summed E-state index contributed by atoms with van der Waals surface area (Å²) in [5.74, 6) is 7.28. The molecule has 7 heteroatoms. The molecule has 93 heavy (non-hydrogen) atoms. The smallest absolute Gasteiger partial charge is 0.331 e. The summed E-state index contributed by atoms with van der Waals surface area (Å²) in [6, 6.07) is 46.1. The zero-order chi connectivity index (χ0) is 63.5. The molecule has 490 valence electrons. The fourth-order valence-corrected chi connectivity index (χ4v) is 25.4. The van der Waals surface area contributed by atoms with Crippen molar-refractivity contribution < 1.29 is 34.4 Å². The molecular formula is C86H104O7. The van der Waals surface area contributed by atoms with Crippen molar-refractivity contribution in [1.82, 2.24) is 0 Å². The van der Waals surface area contributed by atoms with Crippen molar-refractivity contribution in [2.45, 2.75) is 247 Å². The molecule has 2 heterocycles. The van der Waals surface area contributed by atoms with Gasteiger partial charge < -0.3 is 24.8 Å². The third-order valence-corrected chi connectivity index (χ3v) is 29.5. The third kappa shape index (κ3) is 9.84. The largest absolute Gasteiger partial charge is 0.462 e. The van der Waals surface area contributed by atoms with Gasteiger partial charge in [0.2, 0.25) is 0 Å². The highest BCUT2D eigenvalue weighted by atomic mass is 16.5. The van der Waals surface area contributed by atoms with E-state index in [1.807, 2.05) is 0 Å². The van der Waals surface area contributed by atoms with E-state index in [9.17, 15) is 20.1 Å². The average molecular weight is 1250 g/mol. The molecule has 2 aliphatic heterocycles. The number of cyclic esters (lactones) is 1. The number of carbonyl (C=O) groups is 2. The van der Waals surface area contributed by atoms with Crippen molar-refractivity contribution in [2.75, 3.05) is 6.61 Å². The molecule has 11 aliphatic rings. The van der Waals surface area contributed by atoms with Gasteiger partial charge in [-0.25, -0.2) is 4.79 Å². The lowest BCUT2D eigenvalue weighted by molar-refractivity contribution is -0.331. The minimum atomic E-state index is -1.65. The maximum absolute atomic E-state index is 16.4. The zero-order valence-corrected chi connectivity index (χ0v) is 56.1. The van der Waals surface area contributed by atoms with E-state index < -0.39 is 58.4 Å². The van der Waals surface area contributed by atoms with E-state index in [1.54, 1.807) is 22.8 Å². The first kappa shape index (κ1) is 62.3. The molecule has 7 nitrogen and oxygen atoms in total. The van der Waals surface area contributed by atoms with Crippen LogP contribution in [0.5, 0.6) is 0 Å². The molecule has 5 aromatic rings. The minimum Gasteiger partial charge on any atom is -0.462 e. The van der Waals surface area contributed by atoms with Gasteiger partial charge in [0, 0.05) is 29.2 Å². The molecule has 0 amide bonds. The Morgan fingerprint density at radius 1 is 0.667 bits per heavy atom. The maximum Gasteiger partial charge on any atom is 0.331 e. The van der Waals surface area contributed by atoms with Crippen molar-refractivity contribution in [1.29, 1.82) is 0 Å². The molecule has 0 radical (unpaired) electrons. The van der Waals surface area contributed by atoms with Crippen LogP contribution in [0.3, 0.4) is 0 Å². The summed E-state index contributed by atoms with van der Waals surface area (Å²) in [7, 11) is 0. The second-order valence-electron chi connectivity index (χ2n) is 33.4. The lowest BCUT2D eigenvalue weighted by atomic mass is 9.36. The summed E-state index contributed by atoms with van der Waals surface area (Å²) in [6.45, 7) is 7.08. The molecule has 3 N–H and O–H groups in total. The minimum absolute atomic E-state index is 0.0265. The molecule has 16 rings (SSSR count). The molecule has 0 aromatic heterocycles. The summed E-state index contributed by atoms with van der Waals surface area (Å²) in [6.07, 6.45) is 24.3. The molecule has 0 unspecified atom stereocenters. The highest BCUT2D eigenvalue weighted by molar-refractivity contribution is 5.93. The van der Waals surface area contributed by atoms with E-state index in [0.717, 1.165) is 69.8 Å². The molecule has 0 saturated heterocycles. The van der Waals surface area contributed by atoms with Crippen LogP contribution in [0, 0.1) is 81.3 Å². The molecule has 2 bridgehead atoms. The summed E-state index contributed by atoms with van der Waals surface area (Å²) in [4.78, 5) is 29.2. The predicted molar refractivity (Wildman–Crippen MR) is 368 cm³/mol. The first-order valence-corrected chi connectivity index (χ1v) is 37.6. The number of fused-ring (bicyclic) bond motifs is 4. The van der Waals surface area contributed by atoms with Gasteiger partial charge in [-0.3, -0.25) is 4.79 Å². The van der Waals surface area contributed by atoms with E-state index >= 15 is 4.79 Å². The van der Waals surface area contributed by atoms with Crippen LogP contribution in [0.4, 0.5) is 0 Å². The van der Waals surface area contributed by atoms with Crippen LogP contribution in [0.2, 0.25) is 0 Å². The van der Waals surface area contributed by atoms with E-state index in [4.69, 9.17) is 9.47 Å². The number of ether oxygens (including phenoxy) is 2. The number of hydrogen-bond acceptors (Lipinski definition) is 7. The SMILES string of the molecule is C[C@H](CCCc1ccccc1)C[C@@H]1C#C[C@H]2CC[C@H](C3(c4ccccc4)CCCCC3)C[C@H]2C(=O)O[C@@H]2C[C@@H](C)[C@](O)(CCC3=CC(=O)OC3)[C@]3([C@@H](O)CC[C@@](C)([C@@H]4CC[C@]56CC[C@@H]7C[C@]8(c9ccccc9)CCCC[C@@H]8c8ccc9cccc(c9c8[C@@H]75)[C@@H]6C4)[C@H]23)[C@H]1O. The Kier molecular flexibility index (Phi) is 16.2. The number of aliphatic hydroxyl groups is 3. The van der Waals surface area contributed by atoms with Crippen LogP contribution in [0.15, 0.2) is 133 Å². The molecule has 9 aliphatic carbocycles. The predicted octanol–water partition coefficient (Wildman–Crippen LogP) is 17.9. The van der Waals surface area contributed by atoms with Crippen LogP contribution in [0.25, 0.3) is 10.8 Å². The van der Waals surface area contributed by atoms with Crippen LogP contribution in [-0.2, 0) is 36.3 Å². The van der Waals surface area contributed by atoms with Gasteiger partial charge in [-0.1, -0.05) is 192 Å². The van der Waals surface area contributed by atoms with Gasteiger partial charge in [0.25, 0.3) is 0 Å². The van der Waals surface area contributed by atoms with Crippen molar-refractivity contribution in [2.24, 2.45) is 69.5 Å². The molecular weight excluding hydrogens is 1140 g/mol. The molecule has 5 aromatic carbocycles. The highest BCUT2D eigenvalue weighted by Crippen LogP contribution is 2.77. The Labute approximate surface area is 555 Å². The summed E-state index contributed by atoms with van der Waals surface area (Å²) >= 11 is 0. The average Bonchev–Trinajstić information content (AvgIpc) is 1.52. The highest BCUT2D eigenvalue weighted by Gasteiger charge is 2.76. The lowest BCUT2D eigenvalue weighted by Gasteiger charge is -2.71. The van der Waals surface area contributed by atoms with Gasteiger partial charge in [-0.05, 0) is 248 Å². The van der Waals surface area contributed by atoms with Crippen molar-refractivity contribution in [3.8, 4) is 11.8 Å². The van der Waals surface area contributed by atoms with Gasteiger partial charge in [0.05, 0.1) is 29.1 Å². The Morgan fingerprint density at radius 2 is 1.40 bits per heavy atom. The second kappa shape index (κ2) is 24.2. The lowest BCUT2D eigenvalue weighted by Crippen LogP contribution is -2.77. The van der Waals surface area contributed by atoms with Crippen molar-refractivity contribution in [3.63, 3.8) is 0 Å². The van der Waals surface area contributed by atoms with E-state index in [-0.39, 0.29) is 64.9 Å². The van der Waals surface area contributed by atoms with Gasteiger partial charge in [-0.15, -0.1) is 0 Å². The fraction of sp³-hybridized carbons (Fsp3) is 0.605. The maximum atomic E-state index is 16.4. The molecule has 7 saturated carbocycles. The van der Waals surface area contributed by atoms with Crippen molar-refractivity contribution in [3.05, 3.63) is 166 Å². The topological polar surface area (TPSA) is 113 Å². The monoisotopic (exact) mass is 1250 g/mol. The van der Waals surface area contributed by atoms with Gasteiger partial charge in [0.15, 0.2) is 0 Å². The Balaban J connectivity index is 0.829. The first-order chi connectivity index (χ1) is 45.2. The first-order valence-electron chi connectivity index (χ1n) is 37.6. The van der Waals surface area contributed by atoms with Crippen molar-refractivity contribution >= 4 is 22.7 Å². The fourth-order valence-electron chi connectivity index (χ4n) is 25.4. The Hall–Kier alpha value is -5.52. The van der Waals surface area contributed by atoms with Crippen LogP contribution >= 0.6 is 0 Å². The molecule has 7 fully saturated rings. The number of aryl methyl sites for hydroxylation is 1. The number of esters is 2. The summed E-state index contributed by atoms with van der Waals surface area (Å²) in [5, 5.41) is 46.4. The Morgan fingerprint density at radius 3 is 2.16 bits per heavy atom. The van der Waals surface area contributed by atoms with Gasteiger partial charge in [0.1, 0.15) is 12.7 Å². The second-order valence-corrected chi connectivity index (χ2v) is 33.4. The zero-order valence-electron chi connectivity index (χ0n) is 56.1. The number of carbonyl (C=O) groups excluding carboxylic acids is 2. The summed E-state index contributed by atoms with van der Waals surface area (Å²) < 4.78 is 13.1. The number of benzene rings is 5. The summed E-state index contributed by atoms with van der Waals surface area (Å²) in [5.41, 5.74) is 6.36. The van der Waals surface area contributed by atoms with Crippen LogP contribution in [-0.4, -0.2) is 57.8 Å². The van der Waals surface area contributed by atoms with E-state index in [2.05, 4.69) is 154 Å². The number of rotatable bonds is 13. The van der Waals surface area contributed by atoms with E-state index in [1.165, 1.54) is 91.7 Å². The molecule has 1 spiro atoms. The van der Waals surface area contributed by atoms with Gasteiger partial charge >= 0.3 is 11.9 Å². The van der Waals surface area contributed by atoms with Crippen LogP contribution in [0.1, 0.15) is 239 Å². The number of hydrogen-bond donors (Lipinski definition) is 3. The number of aliphatic hydroxyl groups excluding tert-OH is 2. The third-order valence-electron chi connectivity index (χ3n) is 29.5. The van der Waals surface area contributed by atoms with Gasteiger partial charge in [-0.2, -0.15) is 0 Å².